The minimum Gasteiger partial charge on any atom is -0.383 e. The maximum atomic E-state index is 13.2. The normalized spacial score (nSPS) is 11.9. The highest BCUT2D eigenvalue weighted by Gasteiger charge is 2.27. The number of nitrogens with one attached hydrogen (secondary N) is 1. The highest BCUT2D eigenvalue weighted by atomic mass is 32.2. The van der Waals surface area contributed by atoms with Gasteiger partial charge in [-0.2, -0.15) is 4.52 Å². The van der Waals surface area contributed by atoms with E-state index in [1.807, 2.05) is 31.2 Å². The highest BCUT2D eigenvalue weighted by Crippen LogP contribution is 2.28. The van der Waals surface area contributed by atoms with Crippen molar-refractivity contribution in [3.63, 3.8) is 0 Å². The van der Waals surface area contributed by atoms with Crippen molar-refractivity contribution in [2.24, 2.45) is 0 Å². The monoisotopic (exact) mass is 411 g/mol. The number of aryl methyl sites for hydroxylation is 1. The molecule has 0 aliphatic carbocycles. The van der Waals surface area contributed by atoms with E-state index < -0.39 is 9.84 Å². The molecule has 0 aliphatic heterocycles. The molecule has 0 fully saturated rings. The van der Waals surface area contributed by atoms with Crippen LogP contribution in [0.2, 0.25) is 0 Å². The minimum atomic E-state index is -3.87. The zero-order chi connectivity index (χ0) is 20.4. The first kappa shape index (κ1) is 19.3. The molecule has 2 aromatic heterocycles. The molecule has 0 saturated carbocycles. The van der Waals surface area contributed by atoms with E-state index in [9.17, 15) is 8.42 Å². The first-order valence-electron chi connectivity index (χ1n) is 9.27. The van der Waals surface area contributed by atoms with Crippen molar-refractivity contribution in [3.8, 4) is 0 Å². The third-order valence-corrected chi connectivity index (χ3v) is 6.38. The molecule has 29 heavy (non-hydrogen) atoms. The summed E-state index contributed by atoms with van der Waals surface area (Å²) in [4.78, 5) is 4.72. The highest BCUT2D eigenvalue weighted by molar-refractivity contribution is 7.91. The lowest BCUT2D eigenvalue weighted by Crippen LogP contribution is -2.11. The number of ether oxygens (including phenoxy) is 1. The molecule has 0 unspecified atom stereocenters. The molecule has 2 heterocycles. The van der Waals surface area contributed by atoms with Crippen LogP contribution in [0.25, 0.3) is 16.6 Å². The van der Waals surface area contributed by atoms with Crippen molar-refractivity contribution in [2.75, 3.05) is 25.6 Å². The second kappa shape index (κ2) is 7.76. The fourth-order valence-corrected chi connectivity index (χ4v) is 4.38. The molecule has 0 spiro atoms. The smallest absolute Gasteiger partial charge is 0.229 e. The molecule has 0 bridgehead atoms. The quantitative estimate of drug-likeness (QED) is 0.467. The first-order chi connectivity index (χ1) is 14.1. The van der Waals surface area contributed by atoms with E-state index in [-0.39, 0.29) is 15.6 Å². The number of anilines is 1. The molecule has 0 aliphatic rings. The second-order valence-corrected chi connectivity index (χ2v) is 8.39. The average molecular weight is 411 g/mol. The molecule has 2 aromatic carbocycles. The Labute approximate surface area is 168 Å². The second-order valence-electron chi connectivity index (χ2n) is 6.53. The summed E-state index contributed by atoms with van der Waals surface area (Å²) in [6.45, 7) is 3.04. The number of nitrogens with zero attached hydrogens (tertiary/aromatic N) is 4. The molecule has 4 rings (SSSR count). The first-order valence-corrected chi connectivity index (χ1v) is 10.8. The Bertz CT molecular complexity index is 1270. The van der Waals surface area contributed by atoms with Gasteiger partial charge in [0.2, 0.25) is 14.9 Å². The van der Waals surface area contributed by atoms with Gasteiger partial charge in [-0.3, -0.25) is 0 Å². The molecule has 0 radical (unpaired) electrons. The number of rotatable bonds is 7. The van der Waals surface area contributed by atoms with Gasteiger partial charge in [0, 0.05) is 19.0 Å². The van der Waals surface area contributed by atoms with Crippen LogP contribution >= 0.6 is 0 Å². The van der Waals surface area contributed by atoms with Crippen LogP contribution in [0.3, 0.4) is 0 Å². The Morgan fingerprint density at radius 3 is 2.59 bits per heavy atom. The van der Waals surface area contributed by atoms with Gasteiger partial charge in [-0.05, 0) is 36.2 Å². The molecule has 8 nitrogen and oxygen atoms in total. The van der Waals surface area contributed by atoms with Gasteiger partial charge in [0.05, 0.1) is 17.0 Å². The Balaban J connectivity index is 1.89. The molecule has 150 valence electrons. The van der Waals surface area contributed by atoms with E-state index in [4.69, 9.17) is 4.74 Å². The Morgan fingerprint density at radius 2 is 1.86 bits per heavy atom. The van der Waals surface area contributed by atoms with E-state index in [0.717, 1.165) is 17.4 Å². The number of benzene rings is 2. The van der Waals surface area contributed by atoms with Crippen LogP contribution in [0.4, 0.5) is 5.82 Å². The minimum absolute atomic E-state index is 0.165. The van der Waals surface area contributed by atoms with Crippen LogP contribution in [0.5, 0.6) is 0 Å². The molecule has 1 N–H and O–H groups in total. The van der Waals surface area contributed by atoms with E-state index in [0.29, 0.717) is 24.5 Å². The average Bonchev–Trinajstić information content (AvgIpc) is 3.19. The number of fused-ring (bicyclic) bond motifs is 3. The Hall–Kier alpha value is -3.04. The van der Waals surface area contributed by atoms with Gasteiger partial charge in [-0.15, -0.1) is 5.10 Å². The third-order valence-electron chi connectivity index (χ3n) is 4.72. The summed E-state index contributed by atoms with van der Waals surface area (Å²) >= 11 is 0. The number of para-hydroxylation sites is 1. The number of aromatic nitrogens is 4. The molecule has 0 amide bonds. The number of hydrogen-bond acceptors (Lipinski definition) is 7. The van der Waals surface area contributed by atoms with Crippen LogP contribution in [-0.4, -0.2) is 48.5 Å². The van der Waals surface area contributed by atoms with E-state index in [1.165, 1.54) is 4.52 Å². The zero-order valence-electron chi connectivity index (χ0n) is 16.2. The van der Waals surface area contributed by atoms with Gasteiger partial charge >= 0.3 is 0 Å². The van der Waals surface area contributed by atoms with Crippen molar-refractivity contribution < 1.29 is 13.2 Å². The zero-order valence-corrected chi connectivity index (χ0v) is 17.0. The van der Waals surface area contributed by atoms with Gasteiger partial charge in [0.25, 0.3) is 0 Å². The molecule has 0 saturated heterocycles. The van der Waals surface area contributed by atoms with Crippen LogP contribution in [0, 0.1) is 0 Å². The summed E-state index contributed by atoms with van der Waals surface area (Å²) in [5.41, 5.74) is 1.96. The largest absolute Gasteiger partial charge is 0.383 e. The van der Waals surface area contributed by atoms with Crippen molar-refractivity contribution in [3.05, 3.63) is 54.1 Å². The predicted molar refractivity (Wildman–Crippen MR) is 110 cm³/mol. The summed E-state index contributed by atoms with van der Waals surface area (Å²) in [5, 5.41) is 11.9. The third kappa shape index (κ3) is 3.43. The maximum absolute atomic E-state index is 13.2. The fraction of sp³-hybridized carbons (Fsp3) is 0.250. The summed E-state index contributed by atoms with van der Waals surface area (Å²) in [7, 11) is -2.25. The van der Waals surface area contributed by atoms with Crippen LogP contribution in [0.15, 0.2) is 58.5 Å². The van der Waals surface area contributed by atoms with E-state index in [2.05, 4.69) is 20.6 Å². The van der Waals surface area contributed by atoms with Gasteiger partial charge in [0.1, 0.15) is 5.82 Å². The maximum Gasteiger partial charge on any atom is 0.229 e. The van der Waals surface area contributed by atoms with Gasteiger partial charge in [-0.25, -0.2) is 13.4 Å². The Morgan fingerprint density at radius 1 is 1.10 bits per heavy atom. The number of sulfone groups is 1. The van der Waals surface area contributed by atoms with E-state index in [1.54, 1.807) is 31.4 Å². The van der Waals surface area contributed by atoms with Crippen LogP contribution < -0.4 is 5.32 Å². The summed E-state index contributed by atoms with van der Waals surface area (Å²) in [6.07, 6.45) is 0.833. The molecular weight excluding hydrogens is 390 g/mol. The predicted octanol–water partition coefficient (Wildman–Crippen LogP) is 2.73. The van der Waals surface area contributed by atoms with Crippen LogP contribution in [-0.2, 0) is 21.0 Å². The topological polar surface area (TPSA) is 98.5 Å². The van der Waals surface area contributed by atoms with Crippen molar-refractivity contribution in [1.29, 1.82) is 0 Å². The van der Waals surface area contributed by atoms with Gasteiger partial charge in [-0.1, -0.05) is 36.4 Å². The molecule has 9 heteroatoms. The standard InChI is InChI=1S/C20H21N5O3S/c1-3-14-8-10-15(11-9-14)29(26,27)20-19-22-18(21-12-13-28-2)16-6-4-5-7-17(16)25(19)24-23-20/h4-11H,3,12-13H2,1-2H3,(H,21,22). The summed E-state index contributed by atoms with van der Waals surface area (Å²) < 4.78 is 33.0. The molecule has 0 atom stereocenters. The lowest BCUT2D eigenvalue weighted by molar-refractivity contribution is 0.210. The number of hydrogen-bond donors (Lipinski definition) is 1. The lowest BCUT2D eigenvalue weighted by Gasteiger charge is -2.10. The van der Waals surface area contributed by atoms with Crippen LogP contribution in [0.1, 0.15) is 12.5 Å². The SMILES string of the molecule is CCc1ccc(S(=O)(=O)c2nnn3c2nc(NCCOC)c2ccccc23)cc1. The fourth-order valence-electron chi connectivity index (χ4n) is 3.14. The van der Waals surface area contributed by atoms with Gasteiger partial charge in [0.15, 0.2) is 5.65 Å². The molecular formula is C20H21N5O3S. The lowest BCUT2D eigenvalue weighted by atomic mass is 10.2. The van der Waals surface area contributed by atoms with Crippen molar-refractivity contribution in [1.82, 2.24) is 19.8 Å². The summed E-state index contributed by atoms with van der Waals surface area (Å²) in [5.74, 6) is 0.560. The van der Waals surface area contributed by atoms with Gasteiger partial charge < -0.3 is 10.1 Å². The van der Waals surface area contributed by atoms with E-state index >= 15 is 0 Å². The van der Waals surface area contributed by atoms with Crippen molar-refractivity contribution in [2.45, 2.75) is 23.3 Å². The Kier molecular flexibility index (Phi) is 5.16. The summed E-state index contributed by atoms with van der Waals surface area (Å²) in [6, 6.07) is 14.3. The molecule has 4 aromatic rings. The number of methoxy groups -OCH3 is 1. The van der Waals surface area contributed by atoms with Crippen molar-refractivity contribution >= 4 is 32.2 Å².